The highest BCUT2D eigenvalue weighted by Gasteiger charge is 2.29. The van der Waals surface area contributed by atoms with Crippen LogP contribution in [-0.4, -0.2) is 25.2 Å². The van der Waals surface area contributed by atoms with Crippen LogP contribution in [-0.2, 0) is 21.4 Å². The molecule has 0 saturated carbocycles. The highest BCUT2D eigenvalue weighted by atomic mass is 79.9. The Morgan fingerprint density at radius 3 is 2.25 bits per heavy atom. The first-order chi connectivity index (χ1) is 15.1. The van der Waals surface area contributed by atoms with Crippen LogP contribution in [0.25, 0.3) is 0 Å². The van der Waals surface area contributed by atoms with Gasteiger partial charge in [-0.05, 0) is 60.9 Å². The Balaban J connectivity index is 1.95. The van der Waals surface area contributed by atoms with Crippen molar-refractivity contribution >= 4 is 60.7 Å². The molecule has 3 aromatic carbocycles. The molecule has 3 aromatic rings. The lowest BCUT2D eigenvalue weighted by molar-refractivity contribution is -0.116. The van der Waals surface area contributed by atoms with Crippen LogP contribution in [0.1, 0.15) is 16.7 Å². The van der Waals surface area contributed by atoms with Crippen molar-refractivity contribution in [2.75, 3.05) is 11.9 Å². The van der Waals surface area contributed by atoms with E-state index in [-0.39, 0.29) is 21.5 Å². The monoisotopic (exact) mass is 554 g/mol. The molecule has 0 bridgehead atoms. The zero-order chi connectivity index (χ0) is 23.5. The van der Waals surface area contributed by atoms with Crippen LogP contribution >= 0.6 is 39.1 Å². The smallest absolute Gasteiger partial charge is 0.245 e. The minimum absolute atomic E-state index is 0.00224. The van der Waals surface area contributed by atoms with Gasteiger partial charge in [0.15, 0.2) is 0 Å². The average molecular weight is 556 g/mol. The highest BCUT2D eigenvalue weighted by Crippen LogP contribution is 2.29. The molecule has 1 N–H and O–H groups in total. The van der Waals surface area contributed by atoms with Crippen LogP contribution in [0.15, 0.2) is 70.0 Å². The number of benzene rings is 3. The van der Waals surface area contributed by atoms with Gasteiger partial charge in [-0.25, -0.2) is 8.42 Å². The van der Waals surface area contributed by atoms with Crippen LogP contribution in [0.5, 0.6) is 0 Å². The Morgan fingerprint density at radius 2 is 1.62 bits per heavy atom. The van der Waals surface area contributed by atoms with E-state index in [1.807, 2.05) is 32.0 Å². The quantitative estimate of drug-likeness (QED) is 0.377. The molecule has 1 amide bonds. The molecule has 0 unspecified atom stereocenters. The molecule has 0 heterocycles. The third-order valence-electron chi connectivity index (χ3n) is 4.79. The Kier molecular flexibility index (Phi) is 8.01. The lowest BCUT2D eigenvalue weighted by Crippen LogP contribution is -2.38. The number of anilines is 1. The van der Waals surface area contributed by atoms with Crippen molar-refractivity contribution in [1.82, 2.24) is 4.31 Å². The number of amides is 1. The van der Waals surface area contributed by atoms with E-state index in [0.29, 0.717) is 5.69 Å². The molecule has 168 valence electrons. The van der Waals surface area contributed by atoms with Gasteiger partial charge < -0.3 is 5.32 Å². The van der Waals surface area contributed by atoms with Crippen molar-refractivity contribution in [3.8, 4) is 0 Å². The fraction of sp³-hybridized carbons (Fsp3) is 0.174. The summed E-state index contributed by atoms with van der Waals surface area (Å²) in [6.07, 6.45) is 0. The third kappa shape index (κ3) is 5.91. The van der Waals surface area contributed by atoms with Crippen LogP contribution in [0.3, 0.4) is 0 Å². The molecule has 0 fully saturated rings. The molecule has 0 aliphatic rings. The number of nitrogens with one attached hydrogen (secondary N) is 1. The second-order valence-corrected chi connectivity index (χ2v) is 11.0. The van der Waals surface area contributed by atoms with E-state index < -0.39 is 22.5 Å². The van der Waals surface area contributed by atoms with Crippen LogP contribution < -0.4 is 5.32 Å². The number of aryl methyl sites for hydroxylation is 2. The zero-order valence-corrected chi connectivity index (χ0v) is 21.3. The van der Waals surface area contributed by atoms with E-state index in [9.17, 15) is 13.2 Å². The fourth-order valence-corrected chi connectivity index (χ4v) is 6.08. The minimum atomic E-state index is -4.12. The Bertz CT molecular complexity index is 1230. The van der Waals surface area contributed by atoms with Crippen molar-refractivity contribution in [3.05, 3.63) is 91.9 Å². The van der Waals surface area contributed by atoms with Crippen LogP contribution in [0, 0.1) is 13.8 Å². The molecule has 9 heteroatoms. The molecule has 5 nitrogen and oxygen atoms in total. The molecule has 0 aliphatic heterocycles. The SMILES string of the molecule is Cc1cc(Br)cc(C)c1NC(=O)CN(Cc1ccccc1)S(=O)(=O)c1cc(Cl)ccc1Cl. The fourth-order valence-electron chi connectivity index (χ4n) is 3.27. The van der Waals surface area contributed by atoms with Gasteiger partial charge in [-0.2, -0.15) is 4.31 Å². The first-order valence-electron chi connectivity index (χ1n) is 9.63. The molecule has 0 aromatic heterocycles. The largest absolute Gasteiger partial charge is 0.324 e. The molecule has 0 aliphatic carbocycles. The third-order valence-corrected chi connectivity index (χ3v) is 7.76. The van der Waals surface area contributed by atoms with E-state index in [1.165, 1.54) is 18.2 Å². The Hall–Kier alpha value is -1.90. The van der Waals surface area contributed by atoms with Gasteiger partial charge in [-0.1, -0.05) is 69.5 Å². The maximum atomic E-state index is 13.5. The van der Waals surface area contributed by atoms with E-state index in [4.69, 9.17) is 23.2 Å². The van der Waals surface area contributed by atoms with Gasteiger partial charge in [0, 0.05) is 21.7 Å². The Labute approximate surface area is 206 Å². The first-order valence-corrected chi connectivity index (χ1v) is 12.6. The average Bonchev–Trinajstić information content (AvgIpc) is 2.72. The maximum absolute atomic E-state index is 13.5. The summed E-state index contributed by atoms with van der Waals surface area (Å²) in [6.45, 7) is 3.35. The van der Waals surface area contributed by atoms with Gasteiger partial charge in [0.2, 0.25) is 15.9 Å². The van der Waals surface area contributed by atoms with Crippen LogP contribution in [0.2, 0.25) is 10.0 Å². The summed E-state index contributed by atoms with van der Waals surface area (Å²) in [5, 5.41) is 3.12. The number of hydrogen-bond donors (Lipinski definition) is 1. The number of carbonyl (C=O) groups is 1. The number of nitrogens with zero attached hydrogens (tertiary/aromatic N) is 1. The number of carbonyl (C=O) groups excluding carboxylic acids is 1. The zero-order valence-electron chi connectivity index (χ0n) is 17.4. The molecular formula is C23H21BrCl2N2O3S. The summed E-state index contributed by atoms with van der Waals surface area (Å²) in [6, 6.07) is 17.0. The van der Waals surface area contributed by atoms with Gasteiger partial charge in [0.25, 0.3) is 0 Å². The standard InChI is InChI=1S/C23H21BrCl2N2O3S/c1-15-10-18(24)11-16(2)23(15)27-22(29)14-28(13-17-6-4-3-5-7-17)32(30,31)21-12-19(25)8-9-20(21)26/h3-12H,13-14H2,1-2H3,(H,27,29). The Morgan fingerprint density at radius 1 is 1.00 bits per heavy atom. The van der Waals surface area contributed by atoms with E-state index in [2.05, 4.69) is 21.2 Å². The predicted molar refractivity (Wildman–Crippen MR) is 133 cm³/mol. The van der Waals surface area contributed by atoms with E-state index in [0.717, 1.165) is 25.5 Å². The minimum Gasteiger partial charge on any atom is -0.324 e. The number of hydrogen-bond acceptors (Lipinski definition) is 3. The lowest BCUT2D eigenvalue weighted by atomic mass is 10.1. The molecule has 0 saturated heterocycles. The molecule has 0 spiro atoms. The van der Waals surface area contributed by atoms with Gasteiger partial charge in [0.05, 0.1) is 11.6 Å². The van der Waals surface area contributed by atoms with Crippen molar-refractivity contribution < 1.29 is 13.2 Å². The molecule has 32 heavy (non-hydrogen) atoms. The number of sulfonamides is 1. The van der Waals surface area contributed by atoms with E-state index in [1.54, 1.807) is 24.3 Å². The van der Waals surface area contributed by atoms with Crippen molar-refractivity contribution in [2.24, 2.45) is 0 Å². The predicted octanol–water partition coefficient (Wildman–Crippen LogP) is 6.20. The normalized spacial score (nSPS) is 11.6. The van der Waals surface area contributed by atoms with E-state index >= 15 is 0 Å². The van der Waals surface area contributed by atoms with Crippen molar-refractivity contribution in [1.29, 1.82) is 0 Å². The van der Waals surface area contributed by atoms with Gasteiger partial charge in [-0.3, -0.25) is 4.79 Å². The number of rotatable bonds is 7. The molecule has 0 atom stereocenters. The maximum Gasteiger partial charge on any atom is 0.245 e. The highest BCUT2D eigenvalue weighted by molar-refractivity contribution is 9.10. The van der Waals surface area contributed by atoms with Gasteiger partial charge in [-0.15, -0.1) is 0 Å². The summed E-state index contributed by atoms with van der Waals surface area (Å²) < 4.78 is 28.9. The lowest BCUT2D eigenvalue weighted by Gasteiger charge is -2.23. The van der Waals surface area contributed by atoms with Gasteiger partial charge >= 0.3 is 0 Å². The molecular weight excluding hydrogens is 535 g/mol. The first kappa shape index (κ1) is 24.7. The second kappa shape index (κ2) is 10.4. The summed E-state index contributed by atoms with van der Waals surface area (Å²) >= 11 is 15.6. The molecule has 0 radical (unpaired) electrons. The van der Waals surface area contributed by atoms with Crippen LogP contribution in [0.4, 0.5) is 5.69 Å². The van der Waals surface area contributed by atoms with Crippen molar-refractivity contribution in [2.45, 2.75) is 25.3 Å². The molecule has 3 rings (SSSR count). The topological polar surface area (TPSA) is 66.5 Å². The summed E-state index contributed by atoms with van der Waals surface area (Å²) in [4.78, 5) is 12.8. The van der Waals surface area contributed by atoms with Gasteiger partial charge in [0.1, 0.15) is 4.90 Å². The summed E-state index contributed by atoms with van der Waals surface area (Å²) in [5.74, 6) is -0.462. The number of halogens is 3. The summed E-state index contributed by atoms with van der Waals surface area (Å²) in [5.41, 5.74) is 3.11. The summed E-state index contributed by atoms with van der Waals surface area (Å²) in [7, 11) is -4.12. The second-order valence-electron chi connectivity index (χ2n) is 7.30. The van der Waals surface area contributed by atoms with Crippen molar-refractivity contribution in [3.63, 3.8) is 0 Å².